The van der Waals surface area contributed by atoms with Crippen LogP contribution in [0.5, 0.6) is 0 Å². The molecule has 3 rings (SSSR count). The molecule has 1 saturated heterocycles. The summed E-state index contributed by atoms with van der Waals surface area (Å²) in [4.78, 5) is 21.9. The standard InChI is InChI=1S/C18H19F3N4O2/c1-11-8-9-22-16(23-11)12-4-6-13(7-5-12)24-17(27)25-10-2-3-14(25)15(26)18(19,20)21/h4-9,14-15,26H,2-3,10H2,1H3,(H,24,27)/t14-,15+/m0/s1. The average Bonchev–Trinajstić information content (AvgIpc) is 3.10. The third kappa shape index (κ3) is 4.36. The van der Waals surface area contributed by atoms with Crippen LogP contribution in [0.3, 0.4) is 0 Å². The number of anilines is 1. The summed E-state index contributed by atoms with van der Waals surface area (Å²) >= 11 is 0. The van der Waals surface area contributed by atoms with Crippen molar-refractivity contribution in [3.8, 4) is 11.4 Å². The van der Waals surface area contributed by atoms with Crippen LogP contribution in [-0.2, 0) is 0 Å². The third-order valence-corrected chi connectivity index (χ3v) is 4.45. The van der Waals surface area contributed by atoms with E-state index in [4.69, 9.17) is 0 Å². The lowest BCUT2D eigenvalue weighted by Crippen LogP contribution is -2.50. The second-order valence-corrected chi connectivity index (χ2v) is 6.42. The molecule has 0 bridgehead atoms. The third-order valence-electron chi connectivity index (χ3n) is 4.45. The van der Waals surface area contributed by atoms with E-state index in [1.807, 2.05) is 6.92 Å². The summed E-state index contributed by atoms with van der Waals surface area (Å²) in [6, 6.07) is 6.53. The zero-order valence-electron chi connectivity index (χ0n) is 14.6. The van der Waals surface area contributed by atoms with Crippen molar-refractivity contribution in [2.24, 2.45) is 0 Å². The first-order valence-electron chi connectivity index (χ1n) is 8.48. The molecule has 2 atom stereocenters. The number of likely N-dealkylation sites (tertiary alicyclic amines) is 1. The number of carbonyl (C=O) groups excluding carboxylic acids is 1. The number of aromatic nitrogens is 2. The van der Waals surface area contributed by atoms with Crippen LogP contribution in [0.1, 0.15) is 18.5 Å². The molecule has 1 aromatic carbocycles. The fraction of sp³-hybridized carbons (Fsp3) is 0.389. The number of rotatable bonds is 3. The molecule has 0 spiro atoms. The number of halogens is 3. The number of carbonyl (C=O) groups is 1. The van der Waals surface area contributed by atoms with Crippen molar-refractivity contribution in [2.45, 2.75) is 38.1 Å². The predicted molar refractivity (Wildman–Crippen MR) is 93.0 cm³/mol. The highest BCUT2D eigenvalue weighted by Gasteiger charge is 2.48. The zero-order valence-corrected chi connectivity index (χ0v) is 14.6. The van der Waals surface area contributed by atoms with Crippen LogP contribution in [0, 0.1) is 6.92 Å². The van der Waals surface area contributed by atoms with Gasteiger partial charge in [-0.3, -0.25) is 0 Å². The summed E-state index contributed by atoms with van der Waals surface area (Å²) in [5.74, 6) is 0.542. The van der Waals surface area contributed by atoms with Crippen molar-refractivity contribution in [1.29, 1.82) is 0 Å². The van der Waals surface area contributed by atoms with E-state index in [0.29, 0.717) is 17.9 Å². The van der Waals surface area contributed by atoms with Gasteiger partial charge in [-0.2, -0.15) is 13.2 Å². The lowest BCUT2D eigenvalue weighted by Gasteiger charge is -2.29. The minimum absolute atomic E-state index is 0.109. The number of aliphatic hydroxyl groups is 1. The first kappa shape index (κ1) is 19.1. The van der Waals surface area contributed by atoms with Gasteiger partial charge in [-0.05, 0) is 50.1 Å². The Kier molecular flexibility index (Phi) is 5.31. The van der Waals surface area contributed by atoms with Crippen LogP contribution in [0.2, 0.25) is 0 Å². The number of aliphatic hydroxyl groups excluding tert-OH is 1. The van der Waals surface area contributed by atoms with Crippen molar-refractivity contribution in [1.82, 2.24) is 14.9 Å². The van der Waals surface area contributed by atoms with Crippen LogP contribution >= 0.6 is 0 Å². The molecule has 1 aliphatic heterocycles. The van der Waals surface area contributed by atoms with Crippen LogP contribution < -0.4 is 5.32 Å². The van der Waals surface area contributed by atoms with Crippen molar-refractivity contribution >= 4 is 11.7 Å². The highest BCUT2D eigenvalue weighted by atomic mass is 19.4. The van der Waals surface area contributed by atoms with Gasteiger partial charge in [-0.25, -0.2) is 14.8 Å². The van der Waals surface area contributed by atoms with E-state index >= 15 is 0 Å². The van der Waals surface area contributed by atoms with Gasteiger partial charge in [0.1, 0.15) is 0 Å². The number of hydrogen-bond donors (Lipinski definition) is 2. The van der Waals surface area contributed by atoms with E-state index in [2.05, 4.69) is 15.3 Å². The van der Waals surface area contributed by atoms with E-state index in [0.717, 1.165) is 16.2 Å². The minimum Gasteiger partial charge on any atom is -0.382 e. The smallest absolute Gasteiger partial charge is 0.382 e. The summed E-state index contributed by atoms with van der Waals surface area (Å²) < 4.78 is 38.3. The number of nitrogens with zero attached hydrogens (tertiary/aromatic N) is 3. The van der Waals surface area contributed by atoms with Gasteiger partial charge in [-0.1, -0.05) is 0 Å². The molecule has 27 heavy (non-hydrogen) atoms. The lowest BCUT2D eigenvalue weighted by molar-refractivity contribution is -0.216. The van der Waals surface area contributed by atoms with Gasteiger partial charge in [-0.15, -0.1) is 0 Å². The Morgan fingerprint density at radius 1 is 1.30 bits per heavy atom. The van der Waals surface area contributed by atoms with E-state index in [1.54, 1.807) is 36.5 Å². The van der Waals surface area contributed by atoms with E-state index in [9.17, 15) is 23.1 Å². The number of aryl methyl sites for hydroxylation is 1. The maximum Gasteiger partial charge on any atom is 0.416 e. The normalized spacial score (nSPS) is 18.4. The van der Waals surface area contributed by atoms with Gasteiger partial charge in [0.25, 0.3) is 0 Å². The molecule has 6 nitrogen and oxygen atoms in total. The molecule has 1 aromatic heterocycles. The summed E-state index contributed by atoms with van der Waals surface area (Å²) in [7, 11) is 0. The second-order valence-electron chi connectivity index (χ2n) is 6.42. The number of amides is 2. The van der Waals surface area contributed by atoms with Crippen molar-refractivity contribution < 1.29 is 23.1 Å². The molecule has 9 heteroatoms. The molecule has 0 saturated carbocycles. The van der Waals surface area contributed by atoms with Crippen molar-refractivity contribution in [2.75, 3.05) is 11.9 Å². The highest BCUT2D eigenvalue weighted by Crippen LogP contribution is 2.31. The first-order chi connectivity index (χ1) is 12.8. The molecule has 1 aliphatic rings. The molecular formula is C18H19F3N4O2. The maximum atomic E-state index is 12.8. The van der Waals surface area contributed by atoms with E-state index in [-0.39, 0.29) is 13.0 Å². The van der Waals surface area contributed by atoms with Crippen LogP contribution in [0.25, 0.3) is 11.4 Å². The number of benzene rings is 1. The molecule has 0 unspecified atom stereocenters. The molecule has 2 N–H and O–H groups in total. The summed E-state index contributed by atoms with van der Waals surface area (Å²) in [5.41, 5.74) is 2.01. The SMILES string of the molecule is Cc1ccnc(-c2ccc(NC(=O)N3CCC[C@H]3[C@@H](O)C(F)(F)F)cc2)n1. The largest absolute Gasteiger partial charge is 0.416 e. The molecule has 0 aliphatic carbocycles. The van der Waals surface area contributed by atoms with Crippen LogP contribution in [-0.4, -0.2) is 50.9 Å². The van der Waals surface area contributed by atoms with Gasteiger partial charge in [0.15, 0.2) is 11.9 Å². The quantitative estimate of drug-likeness (QED) is 0.856. The summed E-state index contributed by atoms with van der Waals surface area (Å²) in [5, 5.41) is 12.1. The molecule has 2 aromatic rings. The van der Waals surface area contributed by atoms with Gasteiger partial charge < -0.3 is 15.3 Å². The first-order valence-corrected chi connectivity index (χ1v) is 8.48. The number of urea groups is 1. The van der Waals surface area contributed by atoms with E-state index in [1.165, 1.54) is 0 Å². The number of nitrogens with one attached hydrogen (secondary N) is 1. The molecule has 0 radical (unpaired) electrons. The van der Waals surface area contributed by atoms with E-state index < -0.39 is 24.4 Å². The Hall–Kier alpha value is -2.68. The van der Waals surface area contributed by atoms with Gasteiger partial charge in [0.2, 0.25) is 0 Å². The van der Waals surface area contributed by atoms with Gasteiger partial charge >= 0.3 is 12.2 Å². The topological polar surface area (TPSA) is 78.4 Å². The van der Waals surface area contributed by atoms with Gasteiger partial charge in [0.05, 0.1) is 6.04 Å². The Morgan fingerprint density at radius 2 is 2.00 bits per heavy atom. The second kappa shape index (κ2) is 7.51. The number of hydrogen-bond acceptors (Lipinski definition) is 4. The van der Waals surface area contributed by atoms with Crippen molar-refractivity contribution in [3.63, 3.8) is 0 Å². The maximum absolute atomic E-state index is 12.8. The molecule has 2 amide bonds. The predicted octanol–water partition coefficient (Wildman–Crippen LogP) is 3.37. The molecular weight excluding hydrogens is 361 g/mol. The highest BCUT2D eigenvalue weighted by molar-refractivity contribution is 5.90. The molecule has 144 valence electrons. The lowest BCUT2D eigenvalue weighted by atomic mass is 10.1. The minimum atomic E-state index is -4.76. The Morgan fingerprint density at radius 3 is 2.63 bits per heavy atom. The molecule has 2 heterocycles. The monoisotopic (exact) mass is 380 g/mol. The fourth-order valence-corrected chi connectivity index (χ4v) is 3.08. The Labute approximate surface area is 154 Å². The van der Waals surface area contributed by atoms with Crippen LogP contribution in [0.15, 0.2) is 36.5 Å². The fourth-order valence-electron chi connectivity index (χ4n) is 3.08. The molecule has 1 fully saturated rings. The Bertz CT molecular complexity index is 811. The average molecular weight is 380 g/mol. The Balaban J connectivity index is 1.69. The summed E-state index contributed by atoms with van der Waals surface area (Å²) in [6.07, 6.45) is -5.14. The van der Waals surface area contributed by atoms with Crippen molar-refractivity contribution in [3.05, 3.63) is 42.2 Å². The number of alkyl halides is 3. The summed E-state index contributed by atoms with van der Waals surface area (Å²) in [6.45, 7) is 2.01. The van der Waals surface area contributed by atoms with Gasteiger partial charge in [0, 0.05) is 29.7 Å². The zero-order chi connectivity index (χ0) is 19.6. The van der Waals surface area contributed by atoms with Crippen LogP contribution in [0.4, 0.5) is 23.7 Å².